The number of ether oxygens (including phenoxy) is 1. The standard InChI is InChI=1S/C29H33N3O5S/c1-3-16-30-29(34)27(18-22-8-5-4-6-9-22)31(19-24-10-7-11-26(17-24)37-2)28(33)21-38-20-23-12-14-25(15-13-23)32(35)36/h4-15,17,27H,3,16,18-21H2,1-2H3,(H,30,34)/t27-/m0/s1. The Kier molecular flexibility index (Phi) is 11.2. The summed E-state index contributed by atoms with van der Waals surface area (Å²) in [6, 6.07) is 22.8. The highest BCUT2D eigenvalue weighted by Crippen LogP contribution is 2.21. The molecular weight excluding hydrogens is 502 g/mol. The number of nitro groups is 1. The molecule has 0 spiro atoms. The maximum atomic E-state index is 13.7. The van der Waals surface area contributed by atoms with Gasteiger partial charge in [-0.15, -0.1) is 11.8 Å². The number of nitrogens with one attached hydrogen (secondary N) is 1. The number of methoxy groups -OCH3 is 1. The smallest absolute Gasteiger partial charge is 0.269 e. The Morgan fingerprint density at radius 3 is 2.37 bits per heavy atom. The zero-order chi connectivity index (χ0) is 27.3. The molecule has 0 saturated heterocycles. The monoisotopic (exact) mass is 535 g/mol. The van der Waals surface area contributed by atoms with E-state index in [0.29, 0.717) is 24.5 Å². The average Bonchev–Trinajstić information content (AvgIpc) is 2.94. The highest BCUT2D eigenvalue weighted by Gasteiger charge is 2.30. The number of nitro benzene ring substituents is 1. The van der Waals surface area contributed by atoms with Gasteiger partial charge >= 0.3 is 0 Å². The van der Waals surface area contributed by atoms with E-state index in [0.717, 1.165) is 23.1 Å². The first-order valence-electron chi connectivity index (χ1n) is 12.5. The average molecular weight is 536 g/mol. The molecule has 0 radical (unpaired) electrons. The molecule has 0 aliphatic heterocycles. The van der Waals surface area contributed by atoms with E-state index in [1.807, 2.05) is 61.5 Å². The number of nitrogens with zero attached hydrogens (tertiary/aromatic N) is 2. The highest BCUT2D eigenvalue weighted by molar-refractivity contribution is 7.99. The van der Waals surface area contributed by atoms with E-state index in [-0.39, 0.29) is 29.8 Å². The molecular formula is C29H33N3O5S. The van der Waals surface area contributed by atoms with Gasteiger partial charge < -0.3 is 15.0 Å². The lowest BCUT2D eigenvalue weighted by Gasteiger charge is -2.31. The second kappa shape index (κ2) is 14.8. The minimum absolute atomic E-state index is 0.0288. The van der Waals surface area contributed by atoms with Crippen LogP contribution in [0.4, 0.5) is 5.69 Å². The Morgan fingerprint density at radius 2 is 1.71 bits per heavy atom. The maximum Gasteiger partial charge on any atom is 0.269 e. The number of non-ortho nitro benzene ring substituents is 1. The van der Waals surface area contributed by atoms with E-state index in [1.165, 1.54) is 23.9 Å². The molecule has 0 aliphatic carbocycles. The molecule has 0 unspecified atom stereocenters. The van der Waals surface area contributed by atoms with E-state index in [2.05, 4.69) is 5.32 Å². The van der Waals surface area contributed by atoms with Gasteiger partial charge in [0, 0.05) is 37.4 Å². The summed E-state index contributed by atoms with van der Waals surface area (Å²) in [7, 11) is 1.59. The van der Waals surface area contributed by atoms with Gasteiger partial charge in [0.25, 0.3) is 5.69 Å². The summed E-state index contributed by atoms with van der Waals surface area (Å²) in [5.41, 5.74) is 2.74. The first-order valence-corrected chi connectivity index (χ1v) is 13.6. The van der Waals surface area contributed by atoms with Gasteiger partial charge in [-0.05, 0) is 35.2 Å². The highest BCUT2D eigenvalue weighted by atomic mass is 32.2. The molecule has 38 heavy (non-hydrogen) atoms. The van der Waals surface area contributed by atoms with Crippen LogP contribution in [0.5, 0.6) is 5.75 Å². The van der Waals surface area contributed by atoms with Crippen molar-refractivity contribution in [2.75, 3.05) is 19.4 Å². The van der Waals surface area contributed by atoms with Crippen molar-refractivity contribution in [1.29, 1.82) is 0 Å². The molecule has 0 aliphatic rings. The van der Waals surface area contributed by atoms with Crippen LogP contribution in [-0.2, 0) is 28.3 Å². The second-order valence-electron chi connectivity index (χ2n) is 8.79. The number of amides is 2. The molecule has 0 fully saturated rings. The number of carbonyl (C=O) groups is 2. The van der Waals surface area contributed by atoms with Crippen molar-refractivity contribution in [3.63, 3.8) is 0 Å². The molecule has 0 aromatic heterocycles. The molecule has 9 heteroatoms. The number of benzene rings is 3. The third kappa shape index (κ3) is 8.62. The number of rotatable bonds is 14. The first-order chi connectivity index (χ1) is 18.4. The van der Waals surface area contributed by atoms with Crippen LogP contribution >= 0.6 is 11.8 Å². The molecule has 0 heterocycles. The van der Waals surface area contributed by atoms with Crippen LogP contribution in [0, 0.1) is 10.1 Å². The van der Waals surface area contributed by atoms with Gasteiger partial charge in [0.15, 0.2) is 0 Å². The van der Waals surface area contributed by atoms with Crippen LogP contribution in [0.3, 0.4) is 0 Å². The zero-order valence-corrected chi connectivity index (χ0v) is 22.5. The third-order valence-corrected chi connectivity index (χ3v) is 6.94. The number of thioether (sulfide) groups is 1. The topological polar surface area (TPSA) is 102 Å². The quantitative estimate of drug-likeness (QED) is 0.230. The van der Waals surface area contributed by atoms with Gasteiger partial charge in [0.2, 0.25) is 11.8 Å². The van der Waals surface area contributed by atoms with Gasteiger partial charge in [0.1, 0.15) is 11.8 Å². The van der Waals surface area contributed by atoms with Gasteiger partial charge in [-0.25, -0.2) is 0 Å². The third-order valence-electron chi connectivity index (χ3n) is 5.95. The summed E-state index contributed by atoms with van der Waals surface area (Å²) in [5, 5.41) is 13.9. The number of hydrogen-bond acceptors (Lipinski definition) is 6. The summed E-state index contributed by atoms with van der Waals surface area (Å²) in [4.78, 5) is 39.1. The maximum absolute atomic E-state index is 13.7. The molecule has 3 aromatic carbocycles. The second-order valence-corrected chi connectivity index (χ2v) is 9.77. The molecule has 1 atom stereocenters. The fourth-order valence-electron chi connectivity index (χ4n) is 3.94. The van der Waals surface area contributed by atoms with Crippen molar-refractivity contribution in [3.05, 3.63) is 106 Å². The summed E-state index contributed by atoms with van der Waals surface area (Å²) < 4.78 is 5.36. The van der Waals surface area contributed by atoms with Crippen LogP contribution in [0.15, 0.2) is 78.9 Å². The van der Waals surface area contributed by atoms with Crippen molar-refractivity contribution in [1.82, 2.24) is 10.2 Å². The van der Waals surface area contributed by atoms with Crippen molar-refractivity contribution in [2.24, 2.45) is 0 Å². The normalized spacial score (nSPS) is 11.4. The van der Waals surface area contributed by atoms with Gasteiger partial charge in [-0.2, -0.15) is 0 Å². The number of carbonyl (C=O) groups excluding carboxylic acids is 2. The molecule has 200 valence electrons. The summed E-state index contributed by atoms with van der Waals surface area (Å²) in [6.45, 7) is 2.77. The van der Waals surface area contributed by atoms with Crippen LogP contribution in [0.1, 0.15) is 30.0 Å². The minimum Gasteiger partial charge on any atom is -0.497 e. The molecule has 3 rings (SSSR count). The van der Waals surface area contributed by atoms with Gasteiger partial charge in [-0.3, -0.25) is 19.7 Å². The molecule has 0 saturated carbocycles. The fraction of sp³-hybridized carbons (Fsp3) is 0.310. The Balaban J connectivity index is 1.82. The SMILES string of the molecule is CCCNC(=O)[C@H](Cc1ccccc1)N(Cc1cccc(OC)c1)C(=O)CSCc1ccc([N+](=O)[O-])cc1. The predicted molar refractivity (Wildman–Crippen MR) is 150 cm³/mol. The summed E-state index contributed by atoms with van der Waals surface area (Å²) in [6.07, 6.45) is 1.18. The summed E-state index contributed by atoms with van der Waals surface area (Å²) >= 11 is 1.41. The molecule has 1 N–H and O–H groups in total. The van der Waals surface area contributed by atoms with Crippen molar-refractivity contribution in [3.8, 4) is 5.75 Å². The molecule has 8 nitrogen and oxygen atoms in total. The minimum atomic E-state index is -0.692. The molecule has 0 bridgehead atoms. The van der Waals surface area contributed by atoms with Crippen LogP contribution < -0.4 is 10.1 Å². The Labute approximate surface area is 227 Å². The van der Waals surface area contributed by atoms with Crippen LogP contribution in [0.25, 0.3) is 0 Å². The van der Waals surface area contributed by atoms with E-state index < -0.39 is 11.0 Å². The molecule has 2 amide bonds. The lowest BCUT2D eigenvalue weighted by molar-refractivity contribution is -0.384. The Bertz CT molecular complexity index is 1200. The first kappa shape index (κ1) is 28.7. The Morgan fingerprint density at radius 1 is 1.00 bits per heavy atom. The number of hydrogen-bond donors (Lipinski definition) is 1. The van der Waals surface area contributed by atoms with Gasteiger partial charge in [-0.1, -0.05) is 61.5 Å². The van der Waals surface area contributed by atoms with E-state index in [4.69, 9.17) is 4.74 Å². The van der Waals surface area contributed by atoms with Gasteiger partial charge in [0.05, 0.1) is 17.8 Å². The zero-order valence-electron chi connectivity index (χ0n) is 21.7. The van der Waals surface area contributed by atoms with E-state index in [9.17, 15) is 19.7 Å². The summed E-state index contributed by atoms with van der Waals surface area (Å²) in [5.74, 6) is 1.01. The molecule has 3 aromatic rings. The lowest BCUT2D eigenvalue weighted by Crippen LogP contribution is -2.51. The van der Waals surface area contributed by atoms with Crippen molar-refractivity contribution in [2.45, 2.75) is 38.1 Å². The van der Waals surface area contributed by atoms with Crippen molar-refractivity contribution >= 4 is 29.3 Å². The van der Waals surface area contributed by atoms with E-state index >= 15 is 0 Å². The van der Waals surface area contributed by atoms with Crippen molar-refractivity contribution < 1.29 is 19.2 Å². The predicted octanol–water partition coefficient (Wildman–Crippen LogP) is 5.00. The largest absolute Gasteiger partial charge is 0.497 e. The van der Waals surface area contributed by atoms with Crippen LogP contribution in [-0.4, -0.2) is 47.1 Å². The lowest BCUT2D eigenvalue weighted by atomic mass is 10.0. The van der Waals surface area contributed by atoms with E-state index in [1.54, 1.807) is 24.1 Å². The fourth-order valence-corrected chi connectivity index (χ4v) is 4.81. The van der Waals surface area contributed by atoms with Crippen LogP contribution in [0.2, 0.25) is 0 Å². The Hall–Kier alpha value is -3.85.